The summed E-state index contributed by atoms with van der Waals surface area (Å²) in [5, 5.41) is 4.87. The highest BCUT2D eigenvalue weighted by Gasteiger charge is 2.38. The Bertz CT molecular complexity index is 655. The lowest BCUT2D eigenvalue weighted by molar-refractivity contribution is 0.349. The quantitative estimate of drug-likeness (QED) is 0.931. The summed E-state index contributed by atoms with van der Waals surface area (Å²) in [6, 6.07) is 11.0. The minimum Gasteiger partial charge on any atom is -0.494 e. The molecule has 4 rings (SSSR count). The monoisotopic (exact) mass is 282 g/mol. The lowest BCUT2D eigenvalue weighted by Crippen LogP contribution is -2.33. The molecule has 2 fully saturated rings. The number of nitrogens with zero attached hydrogens (tertiary/aromatic N) is 1. The second-order valence-corrected chi connectivity index (χ2v) is 6.50. The molecule has 1 heterocycles. The molecule has 1 aromatic heterocycles. The normalized spacial score (nSPS) is 27.4. The summed E-state index contributed by atoms with van der Waals surface area (Å²) in [6.45, 7) is 0.863. The molecule has 3 unspecified atom stereocenters. The zero-order chi connectivity index (χ0) is 14.2. The van der Waals surface area contributed by atoms with Crippen molar-refractivity contribution in [1.82, 2.24) is 10.3 Å². The number of rotatable bonds is 4. The minimum atomic E-state index is 0.707. The van der Waals surface area contributed by atoms with E-state index >= 15 is 0 Å². The van der Waals surface area contributed by atoms with Crippen LogP contribution >= 0.6 is 0 Å². The van der Waals surface area contributed by atoms with Crippen LogP contribution in [0.2, 0.25) is 0 Å². The van der Waals surface area contributed by atoms with Crippen LogP contribution in [0.4, 0.5) is 0 Å². The SMILES string of the molecule is COc1cccc2ccc(CNC3CC4CCC3C4)nc12. The Hall–Kier alpha value is -1.61. The smallest absolute Gasteiger partial charge is 0.145 e. The number of hydrogen-bond acceptors (Lipinski definition) is 3. The molecule has 3 heteroatoms. The number of aromatic nitrogens is 1. The fraction of sp³-hybridized carbons (Fsp3) is 0.500. The molecule has 21 heavy (non-hydrogen) atoms. The molecule has 2 saturated carbocycles. The number of benzene rings is 1. The highest BCUT2D eigenvalue weighted by atomic mass is 16.5. The van der Waals surface area contributed by atoms with Crippen molar-refractivity contribution in [3.8, 4) is 5.75 Å². The van der Waals surface area contributed by atoms with Gasteiger partial charge in [-0.2, -0.15) is 0 Å². The van der Waals surface area contributed by atoms with Gasteiger partial charge in [-0.1, -0.05) is 24.6 Å². The highest BCUT2D eigenvalue weighted by Crippen LogP contribution is 2.44. The molecule has 2 bridgehead atoms. The maximum Gasteiger partial charge on any atom is 0.145 e. The topological polar surface area (TPSA) is 34.1 Å². The molecule has 0 aliphatic heterocycles. The van der Waals surface area contributed by atoms with E-state index in [0.717, 1.165) is 40.7 Å². The molecule has 0 radical (unpaired) electrons. The van der Waals surface area contributed by atoms with Crippen LogP contribution in [0, 0.1) is 11.8 Å². The van der Waals surface area contributed by atoms with Gasteiger partial charge in [0.1, 0.15) is 11.3 Å². The van der Waals surface area contributed by atoms with Crippen LogP contribution in [0.25, 0.3) is 10.9 Å². The van der Waals surface area contributed by atoms with E-state index in [1.807, 2.05) is 12.1 Å². The van der Waals surface area contributed by atoms with E-state index in [0.29, 0.717) is 6.04 Å². The summed E-state index contributed by atoms with van der Waals surface area (Å²) >= 11 is 0. The van der Waals surface area contributed by atoms with E-state index in [-0.39, 0.29) is 0 Å². The summed E-state index contributed by atoms with van der Waals surface area (Å²) in [4.78, 5) is 4.78. The molecule has 2 aliphatic carbocycles. The van der Waals surface area contributed by atoms with Gasteiger partial charge in [0.15, 0.2) is 0 Å². The average Bonchev–Trinajstić information content (AvgIpc) is 3.15. The van der Waals surface area contributed by atoms with Gasteiger partial charge in [0.05, 0.1) is 12.8 Å². The molecule has 1 N–H and O–H groups in total. The van der Waals surface area contributed by atoms with Crippen LogP contribution < -0.4 is 10.1 Å². The van der Waals surface area contributed by atoms with Gasteiger partial charge in [-0.25, -0.2) is 4.98 Å². The zero-order valence-corrected chi connectivity index (χ0v) is 12.5. The van der Waals surface area contributed by atoms with Gasteiger partial charge in [-0.05, 0) is 43.2 Å². The van der Waals surface area contributed by atoms with Gasteiger partial charge in [-0.3, -0.25) is 0 Å². The van der Waals surface area contributed by atoms with Crippen LogP contribution in [0.5, 0.6) is 5.75 Å². The minimum absolute atomic E-state index is 0.707. The Morgan fingerprint density at radius 2 is 2.14 bits per heavy atom. The second-order valence-electron chi connectivity index (χ2n) is 6.50. The summed E-state index contributed by atoms with van der Waals surface area (Å²) in [7, 11) is 1.70. The van der Waals surface area contributed by atoms with Crippen molar-refractivity contribution in [2.75, 3.05) is 7.11 Å². The van der Waals surface area contributed by atoms with Crippen molar-refractivity contribution < 1.29 is 4.74 Å². The van der Waals surface area contributed by atoms with Crippen LogP contribution in [0.15, 0.2) is 30.3 Å². The van der Waals surface area contributed by atoms with Crippen molar-refractivity contribution in [2.24, 2.45) is 11.8 Å². The number of methoxy groups -OCH3 is 1. The van der Waals surface area contributed by atoms with Crippen LogP contribution in [-0.2, 0) is 6.54 Å². The lowest BCUT2D eigenvalue weighted by Gasteiger charge is -2.22. The predicted octanol–water partition coefficient (Wildman–Crippen LogP) is 3.52. The van der Waals surface area contributed by atoms with E-state index < -0.39 is 0 Å². The molecule has 110 valence electrons. The van der Waals surface area contributed by atoms with Gasteiger partial charge in [-0.15, -0.1) is 0 Å². The number of nitrogens with one attached hydrogen (secondary N) is 1. The molecule has 1 aromatic carbocycles. The molecular weight excluding hydrogens is 260 g/mol. The second kappa shape index (κ2) is 5.30. The third kappa shape index (κ3) is 2.40. The molecule has 0 saturated heterocycles. The molecule has 2 aliphatic rings. The Balaban J connectivity index is 1.51. The number of fused-ring (bicyclic) bond motifs is 3. The van der Waals surface area contributed by atoms with E-state index in [1.54, 1.807) is 7.11 Å². The van der Waals surface area contributed by atoms with Crippen molar-refractivity contribution >= 4 is 10.9 Å². The average molecular weight is 282 g/mol. The first kappa shape index (κ1) is 13.1. The van der Waals surface area contributed by atoms with Crippen molar-refractivity contribution in [1.29, 1.82) is 0 Å². The van der Waals surface area contributed by atoms with Gasteiger partial charge < -0.3 is 10.1 Å². The lowest BCUT2D eigenvalue weighted by atomic mass is 9.95. The number of pyridine rings is 1. The van der Waals surface area contributed by atoms with Crippen molar-refractivity contribution in [2.45, 2.75) is 38.3 Å². The fourth-order valence-corrected chi connectivity index (χ4v) is 4.15. The van der Waals surface area contributed by atoms with Crippen molar-refractivity contribution in [3.63, 3.8) is 0 Å². The number of hydrogen-bond donors (Lipinski definition) is 1. The maximum atomic E-state index is 5.42. The third-order valence-corrected chi connectivity index (χ3v) is 5.24. The zero-order valence-electron chi connectivity index (χ0n) is 12.5. The number of para-hydroxylation sites is 1. The standard InChI is InChI=1S/C18H22N2O/c1-21-17-4-2-3-13-7-8-15(20-18(13)17)11-19-16-10-12-5-6-14(16)9-12/h2-4,7-8,12,14,16,19H,5-6,9-11H2,1H3. The maximum absolute atomic E-state index is 5.42. The molecule has 3 nitrogen and oxygen atoms in total. The Kier molecular flexibility index (Phi) is 3.30. The molecule has 0 amide bonds. The third-order valence-electron chi connectivity index (χ3n) is 5.24. The molecule has 3 atom stereocenters. The molecule has 2 aromatic rings. The first-order valence-electron chi connectivity index (χ1n) is 7.99. The van der Waals surface area contributed by atoms with Crippen LogP contribution in [0.1, 0.15) is 31.4 Å². The van der Waals surface area contributed by atoms with Gasteiger partial charge in [0.25, 0.3) is 0 Å². The summed E-state index contributed by atoms with van der Waals surface area (Å²) < 4.78 is 5.42. The Morgan fingerprint density at radius 1 is 1.19 bits per heavy atom. The van der Waals surface area contributed by atoms with Crippen LogP contribution in [-0.4, -0.2) is 18.1 Å². The van der Waals surface area contributed by atoms with Gasteiger partial charge in [0, 0.05) is 18.0 Å². The fourth-order valence-electron chi connectivity index (χ4n) is 4.15. The summed E-state index contributed by atoms with van der Waals surface area (Å²) in [5.74, 6) is 2.75. The van der Waals surface area contributed by atoms with E-state index in [4.69, 9.17) is 9.72 Å². The van der Waals surface area contributed by atoms with Crippen molar-refractivity contribution in [3.05, 3.63) is 36.0 Å². The summed E-state index contributed by atoms with van der Waals surface area (Å²) in [6.07, 6.45) is 5.67. The predicted molar refractivity (Wildman–Crippen MR) is 84.4 cm³/mol. The molecule has 0 spiro atoms. The van der Waals surface area contributed by atoms with E-state index in [2.05, 4.69) is 23.5 Å². The van der Waals surface area contributed by atoms with Crippen LogP contribution in [0.3, 0.4) is 0 Å². The number of ether oxygens (including phenoxy) is 1. The van der Waals surface area contributed by atoms with E-state index in [1.165, 1.54) is 25.7 Å². The van der Waals surface area contributed by atoms with Gasteiger partial charge >= 0.3 is 0 Å². The van der Waals surface area contributed by atoms with Gasteiger partial charge in [0.2, 0.25) is 0 Å². The first-order valence-corrected chi connectivity index (χ1v) is 7.99. The van der Waals surface area contributed by atoms with E-state index in [9.17, 15) is 0 Å². The first-order chi connectivity index (χ1) is 10.3. The Labute approximate surface area is 125 Å². The Morgan fingerprint density at radius 3 is 2.90 bits per heavy atom. The highest BCUT2D eigenvalue weighted by molar-refractivity contribution is 5.84. The largest absolute Gasteiger partial charge is 0.494 e. The molecular formula is C18H22N2O. The summed E-state index contributed by atoms with van der Waals surface area (Å²) in [5.41, 5.74) is 2.07.